The highest BCUT2D eigenvalue weighted by Gasteiger charge is 2.24. The van der Waals surface area contributed by atoms with E-state index in [9.17, 15) is 0 Å². The van der Waals surface area contributed by atoms with Crippen LogP contribution in [0.25, 0.3) is 16.3 Å². The summed E-state index contributed by atoms with van der Waals surface area (Å²) in [5, 5.41) is 10.5. The molecule has 128 valence electrons. The van der Waals surface area contributed by atoms with Gasteiger partial charge in [0.1, 0.15) is 0 Å². The molecule has 0 saturated heterocycles. The molecule has 1 aromatic carbocycles. The molecule has 0 fully saturated rings. The van der Waals surface area contributed by atoms with Gasteiger partial charge in [-0.25, -0.2) is 0 Å². The number of rotatable bonds is 4. The largest absolute Gasteiger partial charge is 0.418 e. The van der Waals surface area contributed by atoms with E-state index in [0.29, 0.717) is 11.8 Å². The molecule has 5 heteroatoms. The summed E-state index contributed by atoms with van der Waals surface area (Å²) >= 11 is 1.62. The number of hydrogen-bond donors (Lipinski definition) is 0. The number of aryl methyl sites for hydroxylation is 1. The van der Waals surface area contributed by atoms with Crippen LogP contribution in [0.15, 0.2) is 52.3 Å². The van der Waals surface area contributed by atoms with Crippen LogP contribution in [0.5, 0.6) is 0 Å². The molecule has 25 heavy (non-hydrogen) atoms. The Hall–Kier alpha value is -2.24. The highest BCUT2D eigenvalue weighted by atomic mass is 32.1. The van der Waals surface area contributed by atoms with Gasteiger partial charge in [0.05, 0.1) is 10.9 Å². The zero-order valence-electron chi connectivity index (χ0n) is 14.5. The maximum Gasteiger partial charge on any atom is 0.257 e. The molecule has 1 aliphatic rings. The van der Waals surface area contributed by atoms with Crippen LogP contribution in [0.2, 0.25) is 0 Å². The molecule has 0 unspecified atom stereocenters. The number of benzene rings is 1. The minimum absolute atomic E-state index is 0.122. The fraction of sp³-hybridized carbons (Fsp3) is 0.300. The quantitative estimate of drug-likeness (QED) is 0.666. The second-order valence-electron chi connectivity index (χ2n) is 6.44. The predicted octanol–water partition coefficient (Wildman–Crippen LogP) is 4.96. The van der Waals surface area contributed by atoms with Gasteiger partial charge in [-0.1, -0.05) is 42.0 Å². The Morgan fingerprint density at radius 3 is 2.68 bits per heavy atom. The molecule has 1 atom stereocenters. The first-order valence-electron chi connectivity index (χ1n) is 8.58. The number of thiophene rings is 1. The molecule has 0 bridgehead atoms. The summed E-state index contributed by atoms with van der Waals surface area (Å²) in [6.07, 6.45) is 3.36. The van der Waals surface area contributed by atoms with Crippen LogP contribution in [0, 0.1) is 6.92 Å². The van der Waals surface area contributed by atoms with Crippen LogP contribution in [-0.2, 0) is 0 Å². The summed E-state index contributed by atoms with van der Waals surface area (Å²) in [4.78, 5) is 3.40. The van der Waals surface area contributed by atoms with E-state index in [1.54, 1.807) is 11.3 Å². The Bertz CT molecular complexity index is 865. The molecule has 0 radical (unpaired) electrons. The molecule has 0 amide bonds. The molecule has 0 N–H and O–H groups in total. The van der Waals surface area contributed by atoms with Crippen molar-refractivity contribution in [3.63, 3.8) is 0 Å². The average Bonchev–Trinajstić information content (AvgIpc) is 3.33. The van der Waals surface area contributed by atoms with E-state index in [1.165, 1.54) is 16.7 Å². The van der Waals surface area contributed by atoms with E-state index in [2.05, 4.69) is 59.3 Å². The maximum absolute atomic E-state index is 5.89. The predicted molar refractivity (Wildman–Crippen MR) is 101 cm³/mol. The van der Waals surface area contributed by atoms with Crippen molar-refractivity contribution in [3.05, 3.63) is 64.9 Å². The lowest BCUT2D eigenvalue weighted by Crippen LogP contribution is -2.31. The molecule has 0 spiro atoms. The van der Waals surface area contributed by atoms with Crippen LogP contribution in [0.3, 0.4) is 0 Å². The van der Waals surface area contributed by atoms with Crippen molar-refractivity contribution in [2.45, 2.75) is 26.3 Å². The van der Waals surface area contributed by atoms with Crippen molar-refractivity contribution < 1.29 is 4.42 Å². The summed E-state index contributed by atoms with van der Waals surface area (Å²) in [5.41, 5.74) is 4.05. The third-order valence-corrected chi connectivity index (χ3v) is 5.60. The molecular formula is C20H21N3OS. The van der Waals surface area contributed by atoms with Crippen molar-refractivity contribution in [1.29, 1.82) is 0 Å². The Kier molecular flexibility index (Phi) is 4.51. The van der Waals surface area contributed by atoms with Crippen molar-refractivity contribution >= 4 is 16.9 Å². The van der Waals surface area contributed by atoms with Gasteiger partial charge in [-0.2, -0.15) is 0 Å². The fourth-order valence-corrected chi connectivity index (χ4v) is 3.77. The molecule has 3 aromatic rings. The van der Waals surface area contributed by atoms with Gasteiger partial charge in [0, 0.05) is 13.1 Å². The van der Waals surface area contributed by atoms with Gasteiger partial charge in [-0.15, -0.1) is 21.5 Å². The van der Waals surface area contributed by atoms with Crippen molar-refractivity contribution in [2.24, 2.45) is 0 Å². The minimum atomic E-state index is 0.122. The van der Waals surface area contributed by atoms with Crippen molar-refractivity contribution in [3.8, 4) is 10.8 Å². The summed E-state index contributed by atoms with van der Waals surface area (Å²) in [5.74, 6) is 1.31. The smallest absolute Gasteiger partial charge is 0.257 e. The maximum atomic E-state index is 5.89. The standard InChI is InChI=1S/C20H21N3OS/c1-14-5-7-16(8-6-14)17-9-11-23(12-10-17)15(2)19-21-22-20(24-19)18-4-3-13-25-18/h3-9,13,15H,10-12H2,1-2H3/t15-/m1/s1. The molecule has 0 saturated carbocycles. The molecular weight excluding hydrogens is 330 g/mol. The topological polar surface area (TPSA) is 42.2 Å². The van der Waals surface area contributed by atoms with E-state index in [0.717, 1.165) is 24.4 Å². The second-order valence-corrected chi connectivity index (χ2v) is 7.39. The van der Waals surface area contributed by atoms with Gasteiger partial charge in [0.15, 0.2) is 0 Å². The summed E-state index contributed by atoms with van der Waals surface area (Å²) in [6, 6.07) is 12.9. The van der Waals surface area contributed by atoms with Gasteiger partial charge >= 0.3 is 0 Å². The van der Waals surface area contributed by atoms with Gasteiger partial charge in [0.2, 0.25) is 5.89 Å². The number of aromatic nitrogens is 2. The molecule has 2 aromatic heterocycles. The molecule has 0 aliphatic carbocycles. The Morgan fingerprint density at radius 2 is 2.00 bits per heavy atom. The average molecular weight is 351 g/mol. The van der Waals surface area contributed by atoms with E-state index in [-0.39, 0.29) is 6.04 Å². The van der Waals surface area contributed by atoms with Gasteiger partial charge in [-0.05, 0) is 42.9 Å². The molecule has 3 heterocycles. The van der Waals surface area contributed by atoms with Crippen LogP contribution in [-0.4, -0.2) is 28.2 Å². The summed E-state index contributed by atoms with van der Waals surface area (Å²) < 4.78 is 5.89. The van der Waals surface area contributed by atoms with Crippen LogP contribution < -0.4 is 0 Å². The van der Waals surface area contributed by atoms with Gasteiger partial charge in [0.25, 0.3) is 5.89 Å². The zero-order chi connectivity index (χ0) is 17.2. The van der Waals surface area contributed by atoms with Crippen LogP contribution in [0.1, 0.15) is 36.4 Å². The third-order valence-electron chi connectivity index (χ3n) is 4.74. The number of hydrogen-bond acceptors (Lipinski definition) is 5. The highest BCUT2D eigenvalue weighted by Crippen LogP contribution is 2.30. The Morgan fingerprint density at radius 1 is 1.16 bits per heavy atom. The zero-order valence-corrected chi connectivity index (χ0v) is 15.3. The van der Waals surface area contributed by atoms with Crippen LogP contribution in [0.4, 0.5) is 0 Å². The first-order valence-corrected chi connectivity index (χ1v) is 9.46. The van der Waals surface area contributed by atoms with Crippen molar-refractivity contribution in [2.75, 3.05) is 13.1 Å². The fourth-order valence-electron chi connectivity index (χ4n) is 3.13. The molecule has 4 rings (SSSR count). The minimum Gasteiger partial charge on any atom is -0.418 e. The van der Waals surface area contributed by atoms with E-state index >= 15 is 0 Å². The van der Waals surface area contributed by atoms with E-state index < -0.39 is 0 Å². The van der Waals surface area contributed by atoms with Gasteiger partial charge < -0.3 is 4.42 Å². The SMILES string of the molecule is Cc1ccc(C2=CCN([C@H](C)c3nnc(-c4cccs4)o3)CC2)cc1. The third kappa shape index (κ3) is 3.43. The molecule has 1 aliphatic heterocycles. The first-order chi connectivity index (χ1) is 12.2. The highest BCUT2D eigenvalue weighted by molar-refractivity contribution is 7.13. The summed E-state index contributed by atoms with van der Waals surface area (Å²) in [7, 11) is 0. The lowest BCUT2D eigenvalue weighted by molar-refractivity contribution is 0.202. The normalized spacial score (nSPS) is 16.6. The monoisotopic (exact) mass is 351 g/mol. The van der Waals surface area contributed by atoms with Crippen molar-refractivity contribution in [1.82, 2.24) is 15.1 Å². The number of nitrogens with zero attached hydrogens (tertiary/aromatic N) is 3. The lowest BCUT2D eigenvalue weighted by atomic mass is 9.98. The van der Waals surface area contributed by atoms with Crippen LogP contribution >= 0.6 is 11.3 Å². The summed E-state index contributed by atoms with van der Waals surface area (Å²) in [6.45, 7) is 6.16. The van der Waals surface area contributed by atoms with E-state index in [1.807, 2.05) is 17.5 Å². The van der Waals surface area contributed by atoms with Gasteiger partial charge in [-0.3, -0.25) is 4.90 Å². The lowest BCUT2D eigenvalue weighted by Gasteiger charge is -2.30. The molecule has 4 nitrogen and oxygen atoms in total. The first kappa shape index (κ1) is 16.2. The Balaban J connectivity index is 1.46. The second kappa shape index (κ2) is 6.94. The Labute approximate surface area is 151 Å². The van der Waals surface area contributed by atoms with E-state index in [4.69, 9.17) is 4.42 Å².